The third kappa shape index (κ3) is 4.93. The van der Waals surface area contributed by atoms with Crippen molar-refractivity contribution in [3.05, 3.63) is 42.1 Å². The summed E-state index contributed by atoms with van der Waals surface area (Å²) in [6.07, 6.45) is 8.35. The minimum absolute atomic E-state index is 0.221. The number of fused-ring (bicyclic) bond motifs is 1. The number of benzene rings is 1. The lowest BCUT2D eigenvalue weighted by Gasteiger charge is -2.48. The highest BCUT2D eigenvalue weighted by molar-refractivity contribution is 5.83. The number of morpholine rings is 1. The Morgan fingerprint density at radius 3 is 2.70 bits per heavy atom. The standard InChI is InChI=1S/C24H35N5O/c1-2-25-23(27-18-21-9-6-8-20-10-7-13-26-22(20)21)28-19-24(11-4-3-5-12-24)29-14-16-30-17-15-29/h6-10,13H,2-5,11-12,14-19H2,1H3,(H2,25,27,28). The van der Waals surface area contributed by atoms with Gasteiger partial charge in [0, 0.05) is 43.3 Å². The molecule has 1 saturated heterocycles. The molecule has 0 bridgehead atoms. The summed E-state index contributed by atoms with van der Waals surface area (Å²) in [4.78, 5) is 12.1. The van der Waals surface area contributed by atoms with E-state index in [2.05, 4.69) is 51.7 Å². The highest BCUT2D eigenvalue weighted by Gasteiger charge is 2.38. The van der Waals surface area contributed by atoms with Crippen molar-refractivity contribution < 1.29 is 4.74 Å². The molecule has 0 unspecified atom stereocenters. The molecule has 30 heavy (non-hydrogen) atoms. The molecule has 2 aromatic rings. The van der Waals surface area contributed by atoms with Gasteiger partial charge in [-0.1, -0.05) is 43.5 Å². The van der Waals surface area contributed by atoms with E-state index in [4.69, 9.17) is 9.73 Å². The van der Waals surface area contributed by atoms with Crippen LogP contribution in [0.1, 0.15) is 44.6 Å². The Bertz CT molecular complexity index is 835. The van der Waals surface area contributed by atoms with Crippen LogP contribution in [0.3, 0.4) is 0 Å². The molecular formula is C24H35N5O. The van der Waals surface area contributed by atoms with Crippen LogP contribution in [-0.2, 0) is 11.3 Å². The summed E-state index contributed by atoms with van der Waals surface area (Å²) in [6, 6.07) is 10.4. The van der Waals surface area contributed by atoms with Crippen LogP contribution in [0.5, 0.6) is 0 Å². The van der Waals surface area contributed by atoms with Crippen LogP contribution >= 0.6 is 0 Å². The number of aliphatic imine (C=N–C) groups is 1. The van der Waals surface area contributed by atoms with Crippen molar-refractivity contribution in [2.75, 3.05) is 39.4 Å². The van der Waals surface area contributed by atoms with E-state index < -0.39 is 0 Å². The first-order valence-corrected chi connectivity index (χ1v) is 11.5. The van der Waals surface area contributed by atoms with Crippen LogP contribution in [0.15, 0.2) is 41.5 Å². The zero-order valence-electron chi connectivity index (χ0n) is 18.2. The highest BCUT2D eigenvalue weighted by Crippen LogP contribution is 2.33. The average Bonchev–Trinajstić information content (AvgIpc) is 2.82. The molecule has 1 aliphatic carbocycles. The largest absolute Gasteiger partial charge is 0.379 e. The smallest absolute Gasteiger partial charge is 0.191 e. The first-order chi connectivity index (χ1) is 14.8. The van der Waals surface area contributed by atoms with Crippen molar-refractivity contribution in [3.63, 3.8) is 0 Å². The Balaban J connectivity index is 1.47. The van der Waals surface area contributed by atoms with E-state index in [1.54, 1.807) is 0 Å². The maximum atomic E-state index is 5.62. The van der Waals surface area contributed by atoms with Gasteiger partial charge < -0.3 is 15.4 Å². The predicted octanol–water partition coefficient (Wildman–Crippen LogP) is 3.33. The summed E-state index contributed by atoms with van der Waals surface area (Å²) in [5.41, 5.74) is 2.42. The van der Waals surface area contributed by atoms with Crippen molar-refractivity contribution in [2.24, 2.45) is 4.99 Å². The minimum Gasteiger partial charge on any atom is -0.379 e. The molecule has 1 aromatic carbocycles. The molecule has 2 aliphatic rings. The molecule has 2 heterocycles. The van der Waals surface area contributed by atoms with Crippen molar-refractivity contribution in [1.82, 2.24) is 20.5 Å². The summed E-state index contributed by atoms with van der Waals surface area (Å²) in [7, 11) is 0. The number of guanidine groups is 1. The maximum absolute atomic E-state index is 5.62. The Labute approximate surface area is 180 Å². The number of nitrogens with zero attached hydrogens (tertiary/aromatic N) is 3. The summed E-state index contributed by atoms with van der Waals surface area (Å²) < 4.78 is 5.62. The van der Waals surface area contributed by atoms with Crippen LogP contribution in [0.4, 0.5) is 0 Å². The van der Waals surface area contributed by atoms with E-state index in [1.807, 2.05) is 12.3 Å². The molecule has 4 rings (SSSR count). The molecule has 1 saturated carbocycles. The van der Waals surface area contributed by atoms with E-state index in [0.717, 1.165) is 61.8 Å². The molecular weight excluding hydrogens is 374 g/mol. The Kier molecular flexibility index (Phi) is 7.18. The molecule has 2 fully saturated rings. The number of ether oxygens (including phenoxy) is 1. The van der Waals surface area contributed by atoms with E-state index in [-0.39, 0.29) is 5.54 Å². The summed E-state index contributed by atoms with van der Waals surface area (Å²) >= 11 is 0. The van der Waals surface area contributed by atoms with Gasteiger partial charge in [-0.25, -0.2) is 4.99 Å². The average molecular weight is 410 g/mol. The van der Waals surface area contributed by atoms with Gasteiger partial charge in [0.1, 0.15) is 0 Å². The van der Waals surface area contributed by atoms with Crippen LogP contribution in [0.25, 0.3) is 10.9 Å². The molecule has 0 spiro atoms. The Morgan fingerprint density at radius 2 is 1.90 bits per heavy atom. The summed E-state index contributed by atoms with van der Waals surface area (Å²) in [6.45, 7) is 8.31. The van der Waals surface area contributed by atoms with Gasteiger partial charge in [-0.05, 0) is 31.4 Å². The van der Waals surface area contributed by atoms with E-state index in [9.17, 15) is 0 Å². The Morgan fingerprint density at radius 1 is 1.10 bits per heavy atom. The normalized spacial score (nSPS) is 20.2. The number of aromatic nitrogens is 1. The fraction of sp³-hybridized carbons (Fsp3) is 0.583. The van der Waals surface area contributed by atoms with Crippen molar-refractivity contribution in [2.45, 2.75) is 51.1 Å². The van der Waals surface area contributed by atoms with Gasteiger partial charge in [0.2, 0.25) is 0 Å². The second-order valence-corrected chi connectivity index (χ2v) is 8.43. The number of rotatable bonds is 6. The molecule has 1 aliphatic heterocycles. The minimum atomic E-state index is 0.221. The second kappa shape index (κ2) is 10.2. The van der Waals surface area contributed by atoms with E-state index in [1.165, 1.54) is 32.1 Å². The predicted molar refractivity (Wildman–Crippen MR) is 123 cm³/mol. The molecule has 0 atom stereocenters. The Hall–Kier alpha value is -2.18. The van der Waals surface area contributed by atoms with Crippen molar-refractivity contribution in [3.8, 4) is 0 Å². The lowest BCUT2D eigenvalue weighted by Crippen LogP contribution is -2.60. The summed E-state index contributed by atoms with van der Waals surface area (Å²) in [5.74, 6) is 0.892. The van der Waals surface area contributed by atoms with Crippen LogP contribution in [0.2, 0.25) is 0 Å². The summed E-state index contributed by atoms with van der Waals surface area (Å²) in [5, 5.41) is 8.28. The lowest BCUT2D eigenvalue weighted by molar-refractivity contribution is -0.0352. The fourth-order valence-corrected chi connectivity index (χ4v) is 4.90. The fourth-order valence-electron chi connectivity index (χ4n) is 4.90. The first kappa shape index (κ1) is 21.1. The maximum Gasteiger partial charge on any atom is 0.191 e. The molecule has 0 amide bonds. The van der Waals surface area contributed by atoms with Gasteiger partial charge in [-0.3, -0.25) is 9.88 Å². The first-order valence-electron chi connectivity index (χ1n) is 11.5. The van der Waals surface area contributed by atoms with Gasteiger partial charge in [0.15, 0.2) is 5.96 Å². The third-order valence-corrected chi connectivity index (χ3v) is 6.52. The number of pyridine rings is 1. The third-order valence-electron chi connectivity index (χ3n) is 6.52. The molecule has 162 valence electrons. The van der Waals surface area contributed by atoms with Gasteiger partial charge in [0.05, 0.1) is 25.3 Å². The van der Waals surface area contributed by atoms with E-state index >= 15 is 0 Å². The van der Waals surface area contributed by atoms with Crippen LogP contribution in [0, 0.1) is 0 Å². The quantitative estimate of drug-likeness (QED) is 0.566. The monoisotopic (exact) mass is 409 g/mol. The van der Waals surface area contributed by atoms with E-state index in [0.29, 0.717) is 6.54 Å². The van der Waals surface area contributed by atoms with Crippen LogP contribution < -0.4 is 10.6 Å². The highest BCUT2D eigenvalue weighted by atomic mass is 16.5. The molecule has 0 radical (unpaired) electrons. The topological polar surface area (TPSA) is 61.8 Å². The number of hydrogen-bond donors (Lipinski definition) is 2. The molecule has 6 nitrogen and oxygen atoms in total. The molecule has 1 aromatic heterocycles. The van der Waals surface area contributed by atoms with Crippen molar-refractivity contribution >= 4 is 16.9 Å². The van der Waals surface area contributed by atoms with Gasteiger partial charge in [-0.15, -0.1) is 0 Å². The molecule has 6 heteroatoms. The lowest BCUT2D eigenvalue weighted by atomic mass is 9.80. The van der Waals surface area contributed by atoms with Crippen LogP contribution in [-0.4, -0.2) is 60.8 Å². The zero-order chi connectivity index (χ0) is 20.7. The number of para-hydroxylation sites is 1. The number of hydrogen-bond acceptors (Lipinski definition) is 4. The van der Waals surface area contributed by atoms with Gasteiger partial charge >= 0.3 is 0 Å². The number of nitrogens with one attached hydrogen (secondary N) is 2. The second-order valence-electron chi connectivity index (χ2n) is 8.43. The van der Waals surface area contributed by atoms with Gasteiger partial charge in [-0.2, -0.15) is 0 Å². The van der Waals surface area contributed by atoms with Crippen molar-refractivity contribution in [1.29, 1.82) is 0 Å². The molecule has 2 N–H and O–H groups in total. The SMILES string of the molecule is CCNC(=NCc1cccc2cccnc12)NCC1(N2CCOCC2)CCCCC1. The van der Waals surface area contributed by atoms with Gasteiger partial charge in [0.25, 0.3) is 0 Å². The zero-order valence-corrected chi connectivity index (χ0v) is 18.2.